The second kappa shape index (κ2) is 6.85. The monoisotopic (exact) mass is 313 g/mol. The van der Waals surface area contributed by atoms with E-state index in [2.05, 4.69) is 53.2 Å². The second-order valence-corrected chi connectivity index (χ2v) is 6.29. The molecule has 5 heteroatoms. The molecule has 0 aliphatic rings. The molecule has 0 unspecified atom stereocenters. The minimum absolute atomic E-state index is 0.400. The van der Waals surface area contributed by atoms with Crippen LogP contribution in [0, 0.1) is 0 Å². The molecule has 2 heterocycles. The van der Waals surface area contributed by atoms with E-state index in [9.17, 15) is 0 Å². The van der Waals surface area contributed by atoms with Gasteiger partial charge in [0.05, 0.1) is 6.54 Å². The van der Waals surface area contributed by atoms with E-state index in [1.165, 1.54) is 5.56 Å². The smallest absolute Gasteiger partial charge is 0.241 e. The Morgan fingerprint density at radius 2 is 1.95 bits per heavy atom. The molecule has 22 heavy (non-hydrogen) atoms. The van der Waals surface area contributed by atoms with Crippen LogP contribution in [0.5, 0.6) is 0 Å². The molecule has 0 saturated heterocycles. The first-order chi connectivity index (χ1) is 10.7. The van der Waals surface area contributed by atoms with E-state index in [1.807, 2.05) is 22.9 Å². The van der Waals surface area contributed by atoms with Crippen molar-refractivity contribution in [2.45, 2.75) is 33.0 Å². The van der Waals surface area contributed by atoms with Crippen molar-refractivity contribution in [1.82, 2.24) is 15.0 Å². The Kier molecular flexibility index (Phi) is 4.65. The molecule has 0 fully saturated rings. The maximum absolute atomic E-state index is 5.41. The van der Waals surface area contributed by atoms with E-state index in [1.54, 1.807) is 11.3 Å². The molecular formula is C17H19N3OS. The molecule has 0 saturated carbocycles. The van der Waals surface area contributed by atoms with E-state index >= 15 is 0 Å². The molecular weight excluding hydrogens is 294 g/mol. The molecule has 114 valence electrons. The first kappa shape index (κ1) is 14.9. The van der Waals surface area contributed by atoms with E-state index < -0.39 is 0 Å². The highest BCUT2D eigenvalue weighted by Crippen LogP contribution is 2.20. The van der Waals surface area contributed by atoms with Crippen LogP contribution < -0.4 is 0 Å². The minimum Gasteiger partial charge on any atom is -0.338 e. The van der Waals surface area contributed by atoms with Gasteiger partial charge in [-0.05, 0) is 30.9 Å². The molecule has 0 aliphatic carbocycles. The lowest BCUT2D eigenvalue weighted by Crippen LogP contribution is -2.29. The Bertz CT molecular complexity index is 692. The fourth-order valence-electron chi connectivity index (χ4n) is 2.24. The summed E-state index contributed by atoms with van der Waals surface area (Å²) in [5.41, 5.74) is 2.30. The summed E-state index contributed by atoms with van der Waals surface area (Å²) < 4.78 is 5.41. The molecule has 0 bridgehead atoms. The first-order valence-corrected chi connectivity index (χ1v) is 8.30. The van der Waals surface area contributed by atoms with E-state index in [4.69, 9.17) is 4.52 Å². The van der Waals surface area contributed by atoms with Gasteiger partial charge < -0.3 is 4.52 Å². The van der Waals surface area contributed by atoms with Gasteiger partial charge in [0.25, 0.3) is 0 Å². The Hall–Kier alpha value is -1.98. The van der Waals surface area contributed by atoms with Gasteiger partial charge in [0, 0.05) is 23.5 Å². The van der Waals surface area contributed by atoms with Gasteiger partial charge >= 0.3 is 0 Å². The van der Waals surface area contributed by atoms with Crippen LogP contribution in [0.2, 0.25) is 0 Å². The Morgan fingerprint density at radius 3 is 2.64 bits per heavy atom. The highest BCUT2D eigenvalue weighted by atomic mass is 32.1. The van der Waals surface area contributed by atoms with Crippen molar-refractivity contribution >= 4 is 11.3 Å². The van der Waals surface area contributed by atoms with Crippen LogP contribution in [-0.2, 0) is 13.1 Å². The minimum atomic E-state index is 0.400. The molecule has 0 atom stereocenters. The van der Waals surface area contributed by atoms with E-state index in [0.29, 0.717) is 24.3 Å². The number of hydrogen-bond donors (Lipinski definition) is 0. The third kappa shape index (κ3) is 3.61. The van der Waals surface area contributed by atoms with Crippen molar-refractivity contribution in [2.75, 3.05) is 0 Å². The van der Waals surface area contributed by atoms with Crippen LogP contribution >= 0.6 is 11.3 Å². The summed E-state index contributed by atoms with van der Waals surface area (Å²) in [6, 6.07) is 12.8. The number of benzene rings is 1. The lowest BCUT2D eigenvalue weighted by atomic mass is 10.2. The predicted octanol–water partition coefficient (Wildman–Crippen LogP) is 4.21. The molecule has 0 radical (unpaired) electrons. The zero-order chi connectivity index (χ0) is 15.4. The van der Waals surface area contributed by atoms with Crippen molar-refractivity contribution in [2.24, 2.45) is 0 Å². The van der Waals surface area contributed by atoms with Gasteiger partial charge in [-0.3, -0.25) is 4.90 Å². The third-order valence-electron chi connectivity index (χ3n) is 3.54. The molecule has 0 N–H and O–H groups in total. The van der Waals surface area contributed by atoms with Crippen LogP contribution in [0.1, 0.15) is 25.3 Å². The molecule has 1 aromatic carbocycles. The number of aromatic nitrogens is 2. The van der Waals surface area contributed by atoms with Gasteiger partial charge in [0.2, 0.25) is 11.7 Å². The number of rotatable bonds is 6. The average Bonchev–Trinajstić information content (AvgIpc) is 3.18. The van der Waals surface area contributed by atoms with Gasteiger partial charge in [0.1, 0.15) is 0 Å². The number of thiophene rings is 1. The van der Waals surface area contributed by atoms with Crippen LogP contribution in [0.4, 0.5) is 0 Å². The van der Waals surface area contributed by atoms with Gasteiger partial charge in [-0.2, -0.15) is 16.3 Å². The Balaban J connectivity index is 1.71. The van der Waals surface area contributed by atoms with Crippen molar-refractivity contribution in [3.63, 3.8) is 0 Å². The summed E-state index contributed by atoms with van der Waals surface area (Å²) in [4.78, 5) is 6.82. The number of hydrogen-bond acceptors (Lipinski definition) is 5. The molecule has 4 nitrogen and oxygen atoms in total. The Labute approximate surface area is 134 Å². The molecule has 0 aliphatic heterocycles. The lowest BCUT2D eigenvalue weighted by Gasteiger charge is -2.24. The molecule has 2 aromatic heterocycles. The highest BCUT2D eigenvalue weighted by Gasteiger charge is 2.16. The zero-order valence-electron chi connectivity index (χ0n) is 12.8. The van der Waals surface area contributed by atoms with E-state index in [0.717, 1.165) is 12.1 Å². The zero-order valence-corrected chi connectivity index (χ0v) is 13.6. The van der Waals surface area contributed by atoms with Crippen LogP contribution in [0.25, 0.3) is 11.4 Å². The van der Waals surface area contributed by atoms with Crippen LogP contribution in [0.15, 0.2) is 51.7 Å². The summed E-state index contributed by atoms with van der Waals surface area (Å²) >= 11 is 1.63. The normalized spacial score (nSPS) is 11.5. The summed E-state index contributed by atoms with van der Waals surface area (Å²) in [6.45, 7) is 5.89. The topological polar surface area (TPSA) is 42.2 Å². The highest BCUT2D eigenvalue weighted by molar-refractivity contribution is 7.08. The average molecular weight is 313 g/mol. The largest absolute Gasteiger partial charge is 0.338 e. The summed E-state index contributed by atoms with van der Waals surface area (Å²) in [5, 5.41) is 8.11. The lowest BCUT2D eigenvalue weighted by molar-refractivity contribution is 0.176. The predicted molar refractivity (Wildman–Crippen MR) is 88.4 cm³/mol. The van der Waals surface area contributed by atoms with Crippen molar-refractivity contribution in [3.05, 3.63) is 58.6 Å². The van der Waals surface area contributed by atoms with Gasteiger partial charge in [-0.25, -0.2) is 0 Å². The fourth-order valence-corrected chi connectivity index (χ4v) is 2.88. The van der Waals surface area contributed by atoms with Crippen LogP contribution in [0.3, 0.4) is 0 Å². The first-order valence-electron chi connectivity index (χ1n) is 7.35. The maximum atomic E-state index is 5.41. The SMILES string of the molecule is CC(C)N(Cc1ccccc1)Cc1nc(-c2ccsc2)no1. The molecule has 3 aromatic rings. The van der Waals surface area contributed by atoms with Gasteiger partial charge in [0.15, 0.2) is 0 Å². The van der Waals surface area contributed by atoms with Gasteiger partial charge in [-0.15, -0.1) is 0 Å². The standard InChI is InChI=1S/C17H19N3OS/c1-13(2)20(10-14-6-4-3-5-7-14)11-16-18-17(19-21-16)15-8-9-22-12-15/h3-9,12-13H,10-11H2,1-2H3. The molecule has 0 spiro atoms. The van der Waals surface area contributed by atoms with E-state index in [-0.39, 0.29) is 0 Å². The van der Waals surface area contributed by atoms with Crippen molar-refractivity contribution < 1.29 is 4.52 Å². The fraction of sp³-hybridized carbons (Fsp3) is 0.294. The number of nitrogens with zero attached hydrogens (tertiary/aromatic N) is 3. The molecule has 0 amide bonds. The second-order valence-electron chi connectivity index (χ2n) is 5.51. The quantitative estimate of drug-likeness (QED) is 0.683. The summed E-state index contributed by atoms with van der Waals surface area (Å²) in [5.74, 6) is 1.32. The summed E-state index contributed by atoms with van der Waals surface area (Å²) in [6.07, 6.45) is 0. The molecule has 3 rings (SSSR count). The van der Waals surface area contributed by atoms with Crippen LogP contribution in [-0.4, -0.2) is 21.1 Å². The van der Waals surface area contributed by atoms with Gasteiger partial charge in [-0.1, -0.05) is 35.5 Å². The third-order valence-corrected chi connectivity index (χ3v) is 4.23. The maximum Gasteiger partial charge on any atom is 0.241 e. The van der Waals surface area contributed by atoms with Crippen molar-refractivity contribution in [3.8, 4) is 11.4 Å². The summed E-state index contributed by atoms with van der Waals surface area (Å²) in [7, 11) is 0. The Morgan fingerprint density at radius 1 is 1.14 bits per heavy atom. The van der Waals surface area contributed by atoms with Crippen molar-refractivity contribution in [1.29, 1.82) is 0 Å².